The molecule has 1 aromatic rings. The van der Waals surface area contributed by atoms with Crippen LogP contribution in [-0.2, 0) is 18.3 Å². The van der Waals surface area contributed by atoms with E-state index in [1.165, 1.54) is 6.42 Å². The SMILES string of the molecule is CC1CC(C(=O)NCCCc2ncnn2C)CC(C)(C)C1. The van der Waals surface area contributed by atoms with E-state index < -0.39 is 0 Å². The highest BCUT2D eigenvalue weighted by Gasteiger charge is 2.35. The van der Waals surface area contributed by atoms with Crippen molar-refractivity contribution in [1.29, 1.82) is 0 Å². The normalized spacial score (nSPS) is 24.8. The second kappa shape index (κ2) is 6.58. The molecule has 21 heavy (non-hydrogen) atoms. The summed E-state index contributed by atoms with van der Waals surface area (Å²) in [4.78, 5) is 16.5. The van der Waals surface area contributed by atoms with Crippen LogP contribution >= 0.6 is 0 Å². The van der Waals surface area contributed by atoms with Crippen LogP contribution in [-0.4, -0.2) is 27.2 Å². The van der Waals surface area contributed by atoms with Gasteiger partial charge in [0.05, 0.1) is 0 Å². The Morgan fingerprint density at radius 1 is 1.48 bits per heavy atom. The molecule has 0 aromatic carbocycles. The summed E-state index contributed by atoms with van der Waals surface area (Å²) in [7, 11) is 1.90. The number of hydrogen-bond acceptors (Lipinski definition) is 3. The fraction of sp³-hybridized carbons (Fsp3) is 0.812. The Morgan fingerprint density at radius 2 is 2.24 bits per heavy atom. The van der Waals surface area contributed by atoms with E-state index >= 15 is 0 Å². The van der Waals surface area contributed by atoms with Crippen LogP contribution in [0.4, 0.5) is 0 Å². The average molecular weight is 292 g/mol. The number of aromatic nitrogens is 3. The molecule has 1 fully saturated rings. The number of amides is 1. The molecule has 5 heteroatoms. The van der Waals surface area contributed by atoms with E-state index in [-0.39, 0.29) is 17.2 Å². The maximum absolute atomic E-state index is 12.3. The second-order valence-electron chi connectivity index (χ2n) is 7.30. The molecule has 1 aliphatic carbocycles. The van der Waals surface area contributed by atoms with Crippen molar-refractivity contribution in [3.63, 3.8) is 0 Å². The smallest absolute Gasteiger partial charge is 0.223 e. The molecule has 0 radical (unpaired) electrons. The zero-order valence-electron chi connectivity index (χ0n) is 13.7. The highest BCUT2D eigenvalue weighted by atomic mass is 16.1. The van der Waals surface area contributed by atoms with E-state index in [2.05, 4.69) is 36.2 Å². The van der Waals surface area contributed by atoms with Gasteiger partial charge in [-0.25, -0.2) is 4.98 Å². The first-order valence-electron chi connectivity index (χ1n) is 7.98. The van der Waals surface area contributed by atoms with Crippen molar-refractivity contribution in [3.8, 4) is 0 Å². The van der Waals surface area contributed by atoms with Crippen LogP contribution in [0, 0.1) is 17.3 Å². The number of carbonyl (C=O) groups is 1. The number of nitrogens with one attached hydrogen (secondary N) is 1. The van der Waals surface area contributed by atoms with Crippen molar-refractivity contribution in [2.45, 2.75) is 52.9 Å². The first-order chi connectivity index (χ1) is 9.87. The van der Waals surface area contributed by atoms with Crippen molar-refractivity contribution in [3.05, 3.63) is 12.2 Å². The van der Waals surface area contributed by atoms with E-state index in [0.29, 0.717) is 5.92 Å². The molecule has 1 amide bonds. The molecule has 2 rings (SSSR count). The van der Waals surface area contributed by atoms with Crippen molar-refractivity contribution < 1.29 is 4.79 Å². The van der Waals surface area contributed by atoms with Gasteiger partial charge < -0.3 is 5.32 Å². The van der Waals surface area contributed by atoms with Crippen LogP contribution in [0.3, 0.4) is 0 Å². The molecular formula is C16H28N4O. The Morgan fingerprint density at radius 3 is 2.86 bits per heavy atom. The lowest BCUT2D eigenvalue weighted by atomic mass is 9.68. The topological polar surface area (TPSA) is 59.8 Å². The van der Waals surface area contributed by atoms with Crippen molar-refractivity contribution in [2.75, 3.05) is 6.54 Å². The number of aryl methyl sites for hydroxylation is 2. The summed E-state index contributed by atoms with van der Waals surface area (Å²) in [6.07, 6.45) is 6.58. The number of hydrogen-bond donors (Lipinski definition) is 1. The van der Waals surface area contributed by atoms with Gasteiger partial charge in [0.2, 0.25) is 5.91 Å². The Kier molecular flexibility index (Phi) is 5.01. The molecule has 0 spiro atoms. The van der Waals surface area contributed by atoms with Crippen LogP contribution < -0.4 is 5.32 Å². The minimum Gasteiger partial charge on any atom is -0.356 e. The monoisotopic (exact) mass is 292 g/mol. The van der Waals surface area contributed by atoms with Gasteiger partial charge in [0, 0.05) is 25.9 Å². The molecule has 2 unspecified atom stereocenters. The molecule has 2 atom stereocenters. The van der Waals surface area contributed by atoms with Crippen LogP contribution in [0.25, 0.3) is 0 Å². The van der Waals surface area contributed by atoms with Gasteiger partial charge in [-0.3, -0.25) is 9.48 Å². The van der Waals surface area contributed by atoms with Crippen molar-refractivity contribution in [1.82, 2.24) is 20.1 Å². The van der Waals surface area contributed by atoms with Gasteiger partial charge in [0.1, 0.15) is 12.2 Å². The molecule has 118 valence electrons. The third kappa shape index (κ3) is 4.55. The first-order valence-corrected chi connectivity index (χ1v) is 7.98. The van der Waals surface area contributed by atoms with Crippen LogP contribution in [0.2, 0.25) is 0 Å². The summed E-state index contributed by atoms with van der Waals surface area (Å²) in [5, 5.41) is 7.14. The summed E-state index contributed by atoms with van der Waals surface area (Å²) in [6, 6.07) is 0. The third-order valence-electron chi connectivity index (χ3n) is 4.44. The van der Waals surface area contributed by atoms with E-state index in [9.17, 15) is 4.79 Å². The van der Waals surface area contributed by atoms with Gasteiger partial charge in [0.15, 0.2) is 0 Å². The van der Waals surface area contributed by atoms with Gasteiger partial charge in [-0.05, 0) is 37.0 Å². The minimum absolute atomic E-state index is 0.179. The van der Waals surface area contributed by atoms with Crippen LogP contribution in [0.5, 0.6) is 0 Å². The third-order valence-corrected chi connectivity index (χ3v) is 4.44. The standard InChI is InChI=1S/C16H28N4O/c1-12-8-13(10-16(2,3)9-12)15(21)17-7-5-6-14-18-11-19-20(14)4/h11-13H,5-10H2,1-4H3,(H,17,21). The highest BCUT2D eigenvalue weighted by molar-refractivity contribution is 5.78. The van der Waals surface area contributed by atoms with E-state index in [1.54, 1.807) is 11.0 Å². The molecule has 1 aromatic heterocycles. The summed E-state index contributed by atoms with van der Waals surface area (Å²) in [5.74, 6) is 2.02. The van der Waals surface area contributed by atoms with Crippen molar-refractivity contribution in [2.24, 2.45) is 24.3 Å². The van der Waals surface area contributed by atoms with Gasteiger partial charge in [-0.1, -0.05) is 20.8 Å². The Hall–Kier alpha value is -1.39. The molecular weight excluding hydrogens is 264 g/mol. The first kappa shape index (κ1) is 16.0. The van der Waals surface area contributed by atoms with Gasteiger partial charge in [0.25, 0.3) is 0 Å². The Balaban J connectivity index is 1.73. The van der Waals surface area contributed by atoms with Gasteiger partial charge in [-0.2, -0.15) is 5.10 Å². The maximum Gasteiger partial charge on any atom is 0.223 e. The molecule has 1 N–H and O–H groups in total. The molecule has 1 saturated carbocycles. The summed E-state index contributed by atoms with van der Waals surface area (Å²) >= 11 is 0. The molecule has 0 saturated heterocycles. The molecule has 1 aliphatic rings. The van der Waals surface area contributed by atoms with Crippen LogP contribution in [0.15, 0.2) is 6.33 Å². The predicted molar refractivity (Wildman–Crippen MR) is 82.6 cm³/mol. The molecule has 0 aliphatic heterocycles. The van der Waals surface area contributed by atoms with Crippen molar-refractivity contribution >= 4 is 5.91 Å². The second-order valence-corrected chi connectivity index (χ2v) is 7.30. The van der Waals surface area contributed by atoms with E-state index in [1.807, 2.05) is 7.05 Å². The lowest BCUT2D eigenvalue weighted by Crippen LogP contribution is -2.38. The Labute approximate surface area is 127 Å². The molecule has 0 bridgehead atoms. The maximum atomic E-state index is 12.3. The Bertz CT molecular complexity index is 480. The number of rotatable bonds is 5. The fourth-order valence-corrected chi connectivity index (χ4v) is 3.69. The van der Waals surface area contributed by atoms with Crippen LogP contribution in [0.1, 0.15) is 52.3 Å². The molecule has 5 nitrogen and oxygen atoms in total. The molecule has 1 heterocycles. The highest BCUT2D eigenvalue weighted by Crippen LogP contribution is 2.41. The predicted octanol–water partition coefficient (Wildman–Crippen LogP) is 2.33. The number of carbonyl (C=O) groups excluding carboxylic acids is 1. The number of nitrogens with zero attached hydrogens (tertiary/aromatic N) is 3. The van der Waals surface area contributed by atoms with Gasteiger partial charge >= 0.3 is 0 Å². The quantitative estimate of drug-likeness (QED) is 0.847. The lowest BCUT2D eigenvalue weighted by molar-refractivity contribution is -0.127. The largest absolute Gasteiger partial charge is 0.356 e. The lowest BCUT2D eigenvalue weighted by Gasteiger charge is -2.38. The van der Waals surface area contributed by atoms with E-state index in [0.717, 1.165) is 38.1 Å². The van der Waals surface area contributed by atoms with E-state index in [4.69, 9.17) is 0 Å². The summed E-state index contributed by atoms with van der Waals surface area (Å²) in [5.41, 5.74) is 0.290. The summed E-state index contributed by atoms with van der Waals surface area (Å²) < 4.78 is 1.78. The fourth-order valence-electron chi connectivity index (χ4n) is 3.69. The zero-order chi connectivity index (χ0) is 15.5. The minimum atomic E-state index is 0.179. The summed E-state index contributed by atoms with van der Waals surface area (Å²) in [6.45, 7) is 7.53. The zero-order valence-corrected chi connectivity index (χ0v) is 13.7. The average Bonchev–Trinajstić information content (AvgIpc) is 2.77. The van der Waals surface area contributed by atoms with Gasteiger partial charge in [-0.15, -0.1) is 0 Å².